The molecule has 0 bridgehead atoms. The fourth-order valence-electron chi connectivity index (χ4n) is 2.01. The highest BCUT2D eigenvalue weighted by Gasteiger charge is 2.08. The first-order valence-electron chi connectivity index (χ1n) is 7.31. The summed E-state index contributed by atoms with van der Waals surface area (Å²) < 4.78 is 6.67. The molecule has 1 aromatic heterocycles. The second-order valence-electron chi connectivity index (χ2n) is 4.81. The Kier molecular flexibility index (Phi) is 5.71. The molecule has 0 aliphatic carbocycles. The van der Waals surface area contributed by atoms with E-state index in [9.17, 15) is 0 Å². The number of hydrogen-bond acceptors (Lipinski definition) is 4. The normalized spacial score (nSPS) is 10.7. The van der Waals surface area contributed by atoms with E-state index in [0.29, 0.717) is 6.61 Å². The van der Waals surface area contributed by atoms with E-state index in [-0.39, 0.29) is 0 Å². The van der Waals surface area contributed by atoms with Crippen molar-refractivity contribution in [2.75, 3.05) is 12.4 Å². The maximum absolute atomic E-state index is 5.67. The maximum Gasteiger partial charge on any atom is 0.208 e. The smallest absolute Gasteiger partial charge is 0.208 e. The Hall–Kier alpha value is -1.79. The number of nitrogens with zero attached hydrogens (tertiary/aromatic N) is 2. The number of hydrogen-bond donors (Lipinski definition) is 1. The largest absolute Gasteiger partial charge is 0.494 e. The number of halogens is 1. The third-order valence-electron chi connectivity index (χ3n) is 3.13. The fourth-order valence-corrected chi connectivity index (χ4v) is 3.20. The second-order valence-corrected chi connectivity index (χ2v) is 6.73. The van der Waals surface area contributed by atoms with Gasteiger partial charge in [-0.3, -0.25) is 5.10 Å². The summed E-state index contributed by atoms with van der Waals surface area (Å²) in [7, 11) is 0. The number of ether oxygens (including phenoxy) is 1. The van der Waals surface area contributed by atoms with Crippen molar-refractivity contribution < 1.29 is 4.74 Å². The van der Waals surface area contributed by atoms with Crippen LogP contribution in [-0.4, -0.2) is 27.5 Å². The van der Waals surface area contributed by atoms with Gasteiger partial charge in [0, 0.05) is 15.8 Å². The first-order chi connectivity index (χ1) is 11.3. The van der Waals surface area contributed by atoms with Crippen molar-refractivity contribution in [3.63, 3.8) is 0 Å². The van der Waals surface area contributed by atoms with Crippen LogP contribution >= 0.6 is 27.7 Å². The lowest BCUT2D eigenvalue weighted by Gasteiger charge is -2.04. The average Bonchev–Trinajstić information content (AvgIpc) is 3.04. The molecule has 0 aliphatic heterocycles. The van der Waals surface area contributed by atoms with E-state index in [1.54, 1.807) is 11.8 Å². The lowest BCUT2D eigenvalue weighted by Crippen LogP contribution is -1.98. The van der Waals surface area contributed by atoms with Crippen LogP contribution in [0, 0.1) is 0 Å². The molecule has 1 N–H and O–H groups in total. The number of para-hydroxylation sites is 1. The van der Waals surface area contributed by atoms with Crippen molar-refractivity contribution in [2.45, 2.75) is 11.6 Å². The van der Waals surface area contributed by atoms with Crippen LogP contribution in [0.1, 0.15) is 6.42 Å². The average molecular weight is 390 g/mol. The summed E-state index contributed by atoms with van der Waals surface area (Å²) in [5.41, 5.74) is 1.01. The molecule has 0 saturated carbocycles. The molecule has 4 nitrogen and oxygen atoms in total. The highest BCUT2D eigenvalue weighted by atomic mass is 79.9. The van der Waals surface area contributed by atoms with Crippen molar-refractivity contribution in [1.29, 1.82) is 0 Å². The van der Waals surface area contributed by atoms with Crippen molar-refractivity contribution in [3.8, 4) is 17.1 Å². The molecule has 0 amide bonds. The molecule has 1 heterocycles. The Morgan fingerprint density at radius 1 is 1.04 bits per heavy atom. The molecule has 23 heavy (non-hydrogen) atoms. The van der Waals surface area contributed by atoms with Crippen LogP contribution in [0.4, 0.5) is 0 Å². The summed E-state index contributed by atoms with van der Waals surface area (Å²) in [6, 6.07) is 17.8. The molecule has 3 rings (SSSR count). The van der Waals surface area contributed by atoms with E-state index in [0.717, 1.165) is 38.9 Å². The first-order valence-corrected chi connectivity index (χ1v) is 9.09. The highest BCUT2D eigenvalue weighted by molar-refractivity contribution is 9.10. The number of thioether (sulfide) groups is 1. The van der Waals surface area contributed by atoms with Gasteiger partial charge in [0.15, 0.2) is 5.82 Å². The van der Waals surface area contributed by atoms with Gasteiger partial charge in [-0.1, -0.05) is 64.1 Å². The molecule has 0 unspecified atom stereocenters. The van der Waals surface area contributed by atoms with E-state index in [1.165, 1.54) is 0 Å². The van der Waals surface area contributed by atoms with Gasteiger partial charge in [-0.2, -0.15) is 0 Å². The first kappa shape index (κ1) is 16.1. The summed E-state index contributed by atoms with van der Waals surface area (Å²) in [5.74, 6) is 2.60. The summed E-state index contributed by atoms with van der Waals surface area (Å²) >= 11 is 5.15. The van der Waals surface area contributed by atoms with Gasteiger partial charge < -0.3 is 4.74 Å². The lowest BCUT2D eigenvalue weighted by atomic mass is 10.2. The highest BCUT2D eigenvalue weighted by Crippen LogP contribution is 2.26. The van der Waals surface area contributed by atoms with E-state index in [4.69, 9.17) is 4.74 Å². The van der Waals surface area contributed by atoms with Gasteiger partial charge in [0.1, 0.15) is 5.75 Å². The van der Waals surface area contributed by atoms with Gasteiger partial charge in [-0.15, -0.1) is 5.10 Å². The Morgan fingerprint density at radius 3 is 2.65 bits per heavy atom. The van der Waals surface area contributed by atoms with Crippen molar-refractivity contribution in [3.05, 3.63) is 59.1 Å². The Morgan fingerprint density at radius 2 is 1.83 bits per heavy atom. The van der Waals surface area contributed by atoms with Gasteiger partial charge in [-0.05, 0) is 24.6 Å². The van der Waals surface area contributed by atoms with Crippen LogP contribution in [0.5, 0.6) is 5.75 Å². The predicted octanol–water partition coefficient (Wildman–Crippen LogP) is 4.80. The zero-order valence-corrected chi connectivity index (χ0v) is 14.8. The Labute approximate surface area is 147 Å². The minimum Gasteiger partial charge on any atom is -0.494 e. The van der Waals surface area contributed by atoms with Crippen molar-refractivity contribution in [1.82, 2.24) is 15.2 Å². The van der Waals surface area contributed by atoms with E-state index in [2.05, 4.69) is 31.1 Å². The van der Waals surface area contributed by atoms with Crippen LogP contribution in [0.2, 0.25) is 0 Å². The molecule has 0 radical (unpaired) electrons. The minimum absolute atomic E-state index is 0.693. The molecule has 2 aromatic carbocycles. The van der Waals surface area contributed by atoms with Gasteiger partial charge >= 0.3 is 0 Å². The van der Waals surface area contributed by atoms with Crippen LogP contribution in [-0.2, 0) is 0 Å². The minimum atomic E-state index is 0.693. The number of H-pyrrole nitrogens is 1. The number of benzene rings is 2. The van der Waals surface area contributed by atoms with Crippen LogP contribution in [0.3, 0.4) is 0 Å². The zero-order chi connectivity index (χ0) is 15.9. The molecule has 0 aliphatic rings. The fraction of sp³-hybridized carbons (Fsp3) is 0.176. The summed E-state index contributed by atoms with van der Waals surface area (Å²) in [6.07, 6.45) is 0.943. The molecule has 3 aromatic rings. The SMILES string of the molecule is Brc1ccccc1-c1nc(SCCCOc2ccccc2)n[nH]1. The standard InChI is InChI=1S/C17H16BrN3OS/c18-15-10-5-4-9-14(15)16-19-17(21-20-16)23-12-6-11-22-13-7-2-1-3-8-13/h1-5,7-10H,6,11-12H2,(H,19,20,21). The number of aromatic amines is 1. The molecular formula is C17H16BrN3OS. The van der Waals surface area contributed by atoms with Crippen LogP contribution in [0.25, 0.3) is 11.4 Å². The third-order valence-corrected chi connectivity index (χ3v) is 4.75. The van der Waals surface area contributed by atoms with Gasteiger partial charge in [0.05, 0.1) is 6.61 Å². The molecular weight excluding hydrogens is 374 g/mol. The quantitative estimate of drug-likeness (QED) is 0.465. The zero-order valence-electron chi connectivity index (χ0n) is 12.4. The molecule has 0 spiro atoms. The van der Waals surface area contributed by atoms with Gasteiger partial charge in [-0.25, -0.2) is 4.98 Å². The van der Waals surface area contributed by atoms with E-state index in [1.807, 2.05) is 54.6 Å². The lowest BCUT2D eigenvalue weighted by molar-refractivity contribution is 0.318. The number of aromatic nitrogens is 3. The van der Waals surface area contributed by atoms with Gasteiger partial charge in [0.2, 0.25) is 5.16 Å². The van der Waals surface area contributed by atoms with Crippen LogP contribution in [0.15, 0.2) is 64.2 Å². The van der Waals surface area contributed by atoms with E-state index >= 15 is 0 Å². The summed E-state index contributed by atoms with van der Waals surface area (Å²) in [4.78, 5) is 4.52. The molecule has 0 atom stereocenters. The number of rotatable bonds is 7. The summed E-state index contributed by atoms with van der Waals surface area (Å²) in [6.45, 7) is 0.693. The molecule has 0 fully saturated rings. The molecule has 6 heteroatoms. The predicted molar refractivity (Wildman–Crippen MR) is 96.8 cm³/mol. The molecule has 118 valence electrons. The second kappa shape index (κ2) is 8.17. The maximum atomic E-state index is 5.67. The van der Waals surface area contributed by atoms with Crippen molar-refractivity contribution in [2.24, 2.45) is 0 Å². The van der Waals surface area contributed by atoms with Gasteiger partial charge in [0.25, 0.3) is 0 Å². The van der Waals surface area contributed by atoms with Crippen LogP contribution < -0.4 is 4.74 Å². The third kappa shape index (κ3) is 4.59. The van der Waals surface area contributed by atoms with Crippen molar-refractivity contribution >= 4 is 27.7 Å². The Bertz CT molecular complexity index is 748. The topological polar surface area (TPSA) is 50.8 Å². The summed E-state index contributed by atoms with van der Waals surface area (Å²) in [5, 5.41) is 8.00. The Balaban J connectivity index is 1.46. The monoisotopic (exact) mass is 389 g/mol. The van der Waals surface area contributed by atoms with E-state index < -0.39 is 0 Å². The molecule has 0 saturated heterocycles. The number of nitrogens with one attached hydrogen (secondary N) is 1.